The summed E-state index contributed by atoms with van der Waals surface area (Å²) in [7, 11) is 0. The predicted octanol–water partition coefficient (Wildman–Crippen LogP) is 1.87. The maximum Gasteiger partial charge on any atom is 0.300 e. The van der Waals surface area contributed by atoms with Gasteiger partial charge in [-0.2, -0.15) is 0 Å². The first-order valence-electron chi connectivity index (χ1n) is 4.78. The SMILES string of the molecule is [CH2]c1cn(-c2ccc([N+](=O)[O-])cc2[N+](=O)[O-])cn1. The second-order valence-electron chi connectivity index (χ2n) is 3.46. The van der Waals surface area contributed by atoms with Gasteiger partial charge in [-0.1, -0.05) is 0 Å². The molecule has 2 aromatic rings. The lowest BCUT2D eigenvalue weighted by atomic mass is 10.2. The van der Waals surface area contributed by atoms with Crippen molar-refractivity contribution >= 4 is 11.4 Å². The Morgan fingerprint density at radius 1 is 1.22 bits per heavy atom. The first kappa shape index (κ1) is 11.7. The Morgan fingerprint density at radius 2 is 1.94 bits per heavy atom. The molecule has 1 radical (unpaired) electrons. The number of hydrogen-bond donors (Lipinski definition) is 0. The second-order valence-corrected chi connectivity index (χ2v) is 3.46. The van der Waals surface area contributed by atoms with Crippen molar-refractivity contribution in [2.45, 2.75) is 0 Å². The van der Waals surface area contributed by atoms with Gasteiger partial charge in [0.05, 0.1) is 27.9 Å². The molecule has 0 aliphatic rings. The molecule has 8 heteroatoms. The second kappa shape index (κ2) is 4.24. The van der Waals surface area contributed by atoms with Crippen LogP contribution in [0.1, 0.15) is 5.69 Å². The van der Waals surface area contributed by atoms with E-state index in [0.29, 0.717) is 5.69 Å². The molecule has 1 aromatic heterocycles. The van der Waals surface area contributed by atoms with E-state index >= 15 is 0 Å². The molecule has 2 rings (SSSR count). The minimum atomic E-state index is -0.683. The highest BCUT2D eigenvalue weighted by Crippen LogP contribution is 2.27. The molecule has 0 atom stereocenters. The van der Waals surface area contributed by atoms with Gasteiger partial charge in [-0.3, -0.25) is 24.8 Å². The zero-order valence-corrected chi connectivity index (χ0v) is 9.02. The number of benzene rings is 1. The number of nitro groups is 2. The van der Waals surface area contributed by atoms with E-state index in [9.17, 15) is 20.2 Å². The van der Waals surface area contributed by atoms with Gasteiger partial charge in [0.15, 0.2) is 0 Å². The average molecular weight is 247 g/mol. The summed E-state index contributed by atoms with van der Waals surface area (Å²) in [5.74, 6) is 0. The number of non-ortho nitro benzene ring substituents is 1. The molecule has 1 aromatic carbocycles. The van der Waals surface area contributed by atoms with Crippen molar-refractivity contribution in [3.8, 4) is 5.69 Å². The average Bonchev–Trinajstić information content (AvgIpc) is 2.74. The van der Waals surface area contributed by atoms with Gasteiger partial charge in [0.25, 0.3) is 11.4 Å². The molecule has 0 N–H and O–H groups in total. The summed E-state index contributed by atoms with van der Waals surface area (Å²) >= 11 is 0. The van der Waals surface area contributed by atoms with Gasteiger partial charge in [-0.25, -0.2) is 4.98 Å². The standard InChI is InChI=1S/C10H7N4O4/c1-7-5-12(6-11-7)9-3-2-8(13(15)16)4-10(9)14(17)18/h2-6H,1H2. The van der Waals surface area contributed by atoms with E-state index in [4.69, 9.17) is 0 Å². The maximum absolute atomic E-state index is 10.9. The molecule has 18 heavy (non-hydrogen) atoms. The zero-order valence-electron chi connectivity index (χ0n) is 9.02. The van der Waals surface area contributed by atoms with E-state index in [-0.39, 0.29) is 17.1 Å². The topological polar surface area (TPSA) is 104 Å². The van der Waals surface area contributed by atoms with E-state index in [1.54, 1.807) is 0 Å². The van der Waals surface area contributed by atoms with Crippen molar-refractivity contribution in [1.82, 2.24) is 9.55 Å². The van der Waals surface area contributed by atoms with E-state index in [2.05, 4.69) is 11.9 Å². The van der Waals surface area contributed by atoms with Crippen LogP contribution in [0.3, 0.4) is 0 Å². The molecular formula is C10H7N4O4. The van der Waals surface area contributed by atoms with Crippen molar-refractivity contribution < 1.29 is 9.85 Å². The summed E-state index contributed by atoms with van der Waals surface area (Å²) in [5.41, 5.74) is -0.0438. The van der Waals surface area contributed by atoms with E-state index in [1.165, 1.54) is 29.2 Å². The summed E-state index contributed by atoms with van der Waals surface area (Å²) in [6.45, 7) is 3.58. The van der Waals surface area contributed by atoms with E-state index < -0.39 is 9.85 Å². The molecule has 0 unspecified atom stereocenters. The number of nitro benzene ring substituents is 2. The van der Waals surface area contributed by atoms with Crippen LogP contribution in [-0.2, 0) is 0 Å². The molecule has 0 saturated heterocycles. The predicted molar refractivity (Wildman–Crippen MR) is 61.3 cm³/mol. The first-order chi connectivity index (χ1) is 8.49. The maximum atomic E-state index is 10.9. The quantitative estimate of drug-likeness (QED) is 0.608. The Balaban J connectivity index is 2.60. The van der Waals surface area contributed by atoms with Gasteiger partial charge in [-0.05, 0) is 13.0 Å². The Bertz CT molecular complexity index is 635. The van der Waals surface area contributed by atoms with Crippen molar-refractivity contribution in [1.29, 1.82) is 0 Å². The zero-order chi connectivity index (χ0) is 13.3. The normalized spacial score (nSPS) is 10.3. The van der Waals surface area contributed by atoms with E-state index in [0.717, 1.165) is 6.07 Å². The minimum Gasteiger partial charge on any atom is -0.300 e. The fraction of sp³-hybridized carbons (Fsp3) is 0. The van der Waals surface area contributed by atoms with Crippen molar-refractivity contribution in [2.24, 2.45) is 0 Å². The van der Waals surface area contributed by atoms with Crippen LogP contribution in [0, 0.1) is 27.2 Å². The Kier molecular flexibility index (Phi) is 2.76. The van der Waals surface area contributed by atoms with Crippen LogP contribution in [0.25, 0.3) is 5.69 Å². The van der Waals surface area contributed by atoms with Crippen LogP contribution in [0.2, 0.25) is 0 Å². The number of aromatic nitrogens is 2. The number of imidazole rings is 1. The Morgan fingerprint density at radius 3 is 2.44 bits per heavy atom. The highest BCUT2D eigenvalue weighted by molar-refractivity contribution is 5.58. The third-order valence-electron chi connectivity index (χ3n) is 2.28. The highest BCUT2D eigenvalue weighted by Gasteiger charge is 2.20. The third kappa shape index (κ3) is 2.03. The molecular weight excluding hydrogens is 240 g/mol. The lowest BCUT2D eigenvalue weighted by molar-refractivity contribution is -0.394. The lowest BCUT2D eigenvalue weighted by Gasteiger charge is -2.02. The minimum absolute atomic E-state index is 0.202. The number of rotatable bonds is 3. The molecule has 0 bridgehead atoms. The lowest BCUT2D eigenvalue weighted by Crippen LogP contribution is -1.99. The molecule has 0 fully saturated rings. The van der Waals surface area contributed by atoms with E-state index in [1.807, 2.05) is 0 Å². The molecule has 1 heterocycles. The molecule has 91 valence electrons. The van der Waals surface area contributed by atoms with Crippen molar-refractivity contribution in [3.63, 3.8) is 0 Å². The molecule has 0 aliphatic carbocycles. The Labute approximate surface area is 101 Å². The van der Waals surface area contributed by atoms with Gasteiger partial charge in [0.2, 0.25) is 0 Å². The highest BCUT2D eigenvalue weighted by atomic mass is 16.6. The Hall–Kier alpha value is -2.77. The first-order valence-corrected chi connectivity index (χ1v) is 4.78. The smallest absolute Gasteiger partial charge is 0.300 e. The van der Waals surface area contributed by atoms with Crippen molar-refractivity contribution in [3.05, 3.63) is 63.6 Å². The summed E-state index contributed by atoms with van der Waals surface area (Å²) in [4.78, 5) is 24.0. The molecule has 0 saturated carbocycles. The third-order valence-corrected chi connectivity index (χ3v) is 2.28. The summed E-state index contributed by atoms with van der Waals surface area (Å²) in [6.07, 6.45) is 2.85. The van der Waals surface area contributed by atoms with Crippen LogP contribution >= 0.6 is 0 Å². The van der Waals surface area contributed by atoms with Gasteiger partial charge in [0.1, 0.15) is 5.69 Å². The summed E-state index contributed by atoms with van der Waals surface area (Å²) in [5, 5.41) is 21.5. The number of hydrogen-bond acceptors (Lipinski definition) is 5. The number of nitrogens with zero attached hydrogens (tertiary/aromatic N) is 4. The van der Waals surface area contributed by atoms with Crippen LogP contribution in [0.5, 0.6) is 0 Å². The fourth-order valence-electron chi connectivity index (χ4n) is 1.49. The van der Waals surface area contributed by atoms with Gasteiger partial charge < -0.3 is 0 Å². The summed E-state index contributed by atoms with van der Waals surface area (Å²) < 4.78 is 1.39. The van der Waals surface area contributed by atoms with Gasteiger partial charge >= 0.3 is 0 Å². The fourth-order valence-corrected chi connectivity index (χ4v) is 1.49. The van der Waals surface area contributed by atoms with Crippen molar-refractivity contribution in [2.75, 3.05) is 0 Å². The van der Waals surface area contributed by atoms with Crippen LogP contribution in [-0.4, -0.2) is 19.4 Å². The molecule has 8 nitrogen and oxygen atoms in total. The van der Waals surface area contributed by atoms with Gasteiger partial charge in [-0.15, -0.1) is 0 Å². The van der Waals surface area contributed by atoms with Gasteiger partial charge in [0, 0.05) is 12.3 Å². The molecule has 0 aliphatic heterocycles. The molecule has 0 amide bonds. The van der Waals surface area contributed by atoms with Crippen LogP contribution in [0.15, 0.2) is 30.7 Å². The monoisotopic (exact) mass is 247 g/mol. The molecule has 0 spiro atoms. The largest absolute Gasteiger partial charge is 0.300 e. The van der Waals surface area contributed by atoms with Crippen LogP contribution in [0.4, 0.5) is 11.4 Å². The summed E-state index contributed by atoms with van der Waals surface area (Å²) in [6, 6.07) is 3.42. The van der Waals surface area contributed by atoms with Crippen LogP contribution < -0.4 is 0 Å².